The van der Waals surface area contributed by atoms with Crippen LogP contribution in [0.1, 0.15) is 11.5 Å². The lowest BCUT2D eigenvalue weighted by Crippen LogP contribution is -2.49. The van der Waals surface area contributed by atoms with Gasteiger partial charge in [-0.2, -0.15) is 4.31 Å². The molecule has 1 saturated heterocycles. The van der Waals surface area contributed by atoms with Gasteiger partial charge < -0.3 is 4.52 Å². The van der Waals surface area contributed by atoms with Gasteiger partial charge in [0.25, 0.3) is 0 Å². The normalized spacial score (nSPS) is 18.9. The number of hydrogen-bond donors (Lipinski definition) is 0. The Morgan fingerprint density at radius 2 is 1.89 bits per heavy atom. The van der Waals surface area contributed by atoms with Gasteiger partial charge in [-0.1, -0.05) is 21.1 Å². The quantitative estimate of drug-likeness (QED) is 0.757. The molecule has 1 aliphatic heterocycles. The van der Waals surface area contributed by atoms with E-state index >= 15 is 0 Å². The standard InChI is InChI=1S/C11H18BrN3O3S/c1-9-11(10(2)18-13-9)19(16,17)15-7-5-14(4-3-12)6-8-15/h3-8H2,1-2H3. The van der Waals surface area contributed by atoms with Crippen LogP contribution in [0, 0.1) is 13.8 Å². The molecule has 0 aromatic carbocycles. The van der Waals surface area contributed by atoms with Gasteiger partial charge in [0.15, 0.2) is 5.76 Å². The van der Waals surface area contributed by atoms with Crippen LogP contribution < -0.4 is 0 Å². The van der Waals surface area contributed by atoms with E-state index in [4.69, 9.17) is 4.52 Å². The van der Waals surface area contributed by atoms with Gasteiger partial charge in [-0.25, -0.2) is 8.42 Å². The van der Waals surface area contributed by atoms with Gasteiger partial charge in [0, 0.05) is 38.1 Å². The average Bonchev–Trinajstić information content (AvgIpc) is 2.70. The minimum Gasteiger partial charge on any atom is -0.360 e. The molecule has 108 valence electrons. The molecule has 1 fully saturated rings. The second-order valence-electron chi connectivity index (χ2n) is 4.59. The third kappa shape index (κ3) is 3.01. The molecule has 8 heteroatoms. The Kier molecular flexibility index (Phi) is 4.65. The van der Waals surface area contributed by atoms with Crippen molar-refractivity contribution in [2.24, 2.45) is 0 Å². The number of hydrogen-bond acceptors (Lipinski definition) is 5. The van der Waals surface area contributed by atoms with Crippen molar-refractivity contribution in [3.63, 3.8) is 0 Å². The zero-order valence-corrected chi connectivity index (χ0v) is 13.5. The van der Waals surface area contributed by atoms with Gasteiger partial charge in [0.1, 0.15) is 10.6 Å². The summed E-state index contributed by atoms with van der Waals surface area (Å²) in [6.45, 7) is 6.78. The highest BCUT2D eigenvalue weighted by molar-refractivity contribution is 9.09. The summed E-state index contributed by atoms with van der Waals surface area (Å²) in [4.78, 5) is 2.47. The summed E-state index contributed by atoms with van der Waals surface area (Å²) in [6.07, 6.45) is 0. The summed E-state index contributed by atoms with van der Waals surface area (Å²) in [6, 6.07) is 0. The minimum absolute atomic E-state index is 0.224. The molecule has 0 radical (unpaired) electrons. The van der Waals surface area contributed by atoms with Gasteiger partial charge >= 0.3 is 0 Å². The van der Waals surface area contributed by atoms with E-state index in [-0.39, 0.29) is 4.90 Å². The van der Waals surface area contributed by atoms with E-state index < -0.39 is 10.0 Å². The number of halogens is 1. The second-order valence-corrected chi connectivity index (χ2v) is 7.26. The summed E-state index contributed by atoms with van der Waals surface area (Å²) in [5, 5.41) is 4.63. The van der Waals surface area contributed by atoms with Crippen LogP contribution in [0.4, 0.5) is 0 Å². The number of alkyl halides is 1. The number of nitrogens with zero attached hydrogens (tertiary/aromatic N) is 3. The molecule has 0 aliphatic carbocycles. The Bertz CT molecular complexity index is 516. The average molecular weight is 352 g/mol. The van der Waals surface area contributed by atoms with E-state index in [2.05, 4.69) is 26.0 Å². The zero-order valence-electron chi connectivity index (χ0n) is 11.1. The summed E-state index contributed by atoms with van der Waals surface area (Å²) in [7, 11) is -3.48. The van der Waals surface area contributed by atoms with Gasteiger partial charge in [0.05, 0.1) is 0 Å². The van der Waals surface area contributed by atoms with Crippen molar-refractivity contribution in [1.29, 1.82) is 0 Å². The van der Waals surface area contributed by atoms with Crippen molar-refractivity contribution < 1.29 is 12.9 Å². The zero-order chi connectivity index (χ0) is 14.0. The number of aromatic nitrogens is 1. The number of aryl methyl sites for hydroxylation is 2. The highest BCUT2D eigenvalue weighted by Crippen LogP contribution is 2.24. The minimum atomic E-state index is -3.48. The van der Waals surface area contributed by atoms with Crippen molar-refractivity contribution in [3.05, 3.63) is 11.5 Å². The topological polar surface area (TPSA) is 66.7 Å². The molecule has 0 saturated carbocycles. The smallest absolute Gasteiger partial charge is 0.248 e. The molecule has 0 amide bonds. The predicted molar refractivity (Wildman–Crippen MR) is 75.0 cm³/mol. The highest BCUT2D eigenvalue weighted by atomic mass is 79.9. The lowest BCUT2D eigenvalue weighted by molar-refractivity contribution is 0.198. The first-order valence-corrected chi connectivity index (χ1v) is 8.74. The first-order valence-electron chi connectivity index (χ1n) is 6.18. The molecule has 1 aromatic rings. The van der Waals surface area contributed by atoms with Crippen LogP contribution in [0.3, 0.4) is 0 Å². The van der Waals surface area contributed by atoms with E-state index in [0.717, 1.165) is 25.0 Å². The predicted octanol–water partition coefficient (Wildman–Crippen LogP) is 0.993. The highest BCUT2D eigenvalue weighted by Gasteiger charge is 2.32. The fraction of sp³-hybridized carbons (Fsp3) is 0.727. The molecule has 0 unspecified atom stereocenters. The van der Waals surface area contributed by atoms with Crippen LogP contribution in [-0.2, 0) is 10.0 Å². The molecule has 1 aliphatic rings. The van der Waals surface area contributed by atoms with Crippen molar-refractivity contribution in [2.45, 2.75) is 18.7 Å². The monoisotopic (exact) mass is 351 g/mol. The Morgan fingerprint density at radius 1 is 1.26 bits per heavy atom. The van der Waals surface area contributed by atoms with E-state index in [9.17, 15) is 8.42 Å². The lowest BCUT2D eigenvalue weighted by atomic mass is 10.4. The Morgan fingerprint density at radius 3 is 2.37 bits per heavy atom. The maximum atomic E-state index is 12.6. The summed E-state index contributed by atoms with van der Waals surface area (Å²) in [5.41, 5.74) is 0.431. The summed E-state index contributed by atoms with van der Waals surface area (Å²) >= 11 is 3.40. The molecule has 19 heavy (non-hydrogen) atoms. The van der Waals surface area contributed by atoms with E-state index in [1.807, 2.05) is 0 Å². The molecule has 6 nitrogen and oxygen atoms in total. The first-order chi connectivity index (χ1) is 8.96. The van der Waals surface area contributed by atoms with Gasteiger partial charge in [-0.15, -0.1) is 0 Å². The van der Waals surface area contributed by atoms with E-state index in [1.54, 1.807) is 13.8 Å². The number of sulfonamides is 1. The number of rotatable bonds is 4. The third-order valence-electron chi connectivity index (χ3n) is 3.30. The van der Waals surface area contributed by atoms with Crippen LogP contribution in [0.15, 0.2) is 9.42 Å². The molecule has 2 heterocycles. The SMILES string of the molecule is Cc1noc(C)c1S(=O)(=O)N1CCN(CCBr)CC1. The molecule has 0 atom stereocenters. The molecule has 0 spiro atoms. The maximum absolute atomic E-state index is 12.6. The Balaban J connectivity index is 2.15. The van der Waals surface area contributed by atoms with Gasteiger partial charge in [-0.3, -0.25) is 4.90 Å². The molecule has 0 N–H and O–H groups in total. The van der Waals surface area contributed by atoms with Gasteiger partial charge in [0.2, 0.25) is 10.0 Å². The molecule has 1 aromatic heterocycles. The summed E-state index contributed by atoms with van der Waals surface area (Å²) in [5.74, 6) is 0.361. The van der Waals surface area contributed by atoms with E-state index in [0.29, 0.717) is 24.5 Å². The van der Waals surface area contributed by atoms with Crippen LogP contribution in [-0.4, -0.2) is 60.8 Å². The molecular formula is C11H18BrN3O3S. The van der Waals surface area contributed by atoms with Crippen molar-refractivity contribution >= 4 is 26.0 Å². The van der Waals surface area contributed by atoms with Crippen molar-refractivity contribution in [2.75, 3.05) is 38.1 Å². The van der Waals surface area contributed by atoms with Gasteiger partial charge in [-0.05, 0) is 13.8 Å². The van der Waals surface area contributed by atoms with Crippen LogP contribution in [0.2, 0.25) is 0 Å². The van der Waals surface area contributed by atoms with Crippen molar-refractivity contribution in [3.8, 4) is 0 Å². The third-order valence-corrected chi connectivity index (χ3v) is 5.80. The fourth-order valence-corrected chi connectivity index (χ4v) is 4.50. The fourth-order valence-electron chi connectivity index (χ4n) is 2.28. The maximum Gasteiger partial charge on any atom is 0.248 e. The van der Waals surface area contributed by atoms with E-state index in [1.165, 1.54) is 4.31 Å². The largest absolute Gasteiger partial charge is 0.360 e. The lowest BCUT2D eigenvalue weighted by Gasteiger charge is -2.33. The molecular weight excluding hydrogens is 334 g/mol. The first kappa shape index (κ1) is 15.0. The van der Waals surface area contributed by atoms with Crippen molar-refractivity contribution in [1.82, 2.24) is 14.4 Å². The Hall–Kier alpha value is -0.440. The van der Waals surface area contributed by atoms with Crippen LogP contribution in [0.25, 0.3) is 0 Å². The summed E-state index contributed by atoms with van der Waals surface area (Å²) < 4.78 is 31.6. The Labute approximate surface area is 121 Å². The number of piperazine rings is 1. The molecule has 2 rings (SSSR count). The molecule has 0 bridgehead atoms. The van der Waals surface area contributed by atoms with Crippen LogP contribution in [0.5, 0.6) is 0 Å². The van der Waals surface area contributed by atoms with Crippen LogP contribution >= 0.6 is 15.9 Å². The second kappa shape index (κ2) is 5.90.